The molecule has 0 radical (unpaired) electrons. The molecule has 0 saturated heterocycles. The molecule has 0 amide bonds. The van der Waals surface area contributed by atoms with Crippen LogP contribution in [0.2, 0.25) is 0 Å². The van der Waals surface area contributed by atoms with Gasteiger partial charge in [-0.15, -0.1) is 0 Å². The van der Waals surface area contributed by atoms with Gasteiger partial charge in [-0.2, -0.15) is 0 Å². The first-order valence-corrected chi connectivity index (χ1v) is 9.19. The van der Waals surface area contributed by atoms with E-state index in [9.17, 15) is 0 Å². The summed E-state index contributed by atoms with van der Waals surface area (Å²) in [6, 6.07) is 8.08. The third-order valence-corrected chi connectivity index (χ3v) is 3.44. The van der Waals surface area contributed by atoms with Gasteiger partial charge in [-0.1, -0.05) is 0 Å². The zero-order chi connectivity index (χ0) is 9.84. The Morgan fingerprint density at radius 3 is 2.38 bits per heavy atom. The molecule has 1 aromatic carbocycles. The molecule has 0 N–H and O–H groups in total. The predicted octanol–water partition coefficient (Wildman–Crippen LogP) is 2.83. The van der Waals surface area contributed by atoms with Crippen LogP contribution in [0.5, 0.6) is 0 Å². The quantitative estimate of drug-likeness (QED) is 0.760. The van der Waals surface area contributed by atoms with Gasteiger partial charge in [0.25, 0.3) is 0 Å². The van der Waals surface area contributed by atoms with Gasteiger partial charge >= 0.3 is 92.0 Å². The van der Waals surface area contributed by atoms with Gasteiger partial charge < -0.3 is 0 Å². The number of halogens is 2. The Morgan fingerprint density at radius 2 is 1.85 bits per heavy atom. The van der Waals surface area contributed by atoms with Crippen LogP contribution in [0.25, 0.3) is 0 Å². The summed E-state index contributed by atoms with van der Waals surface area (Å²) in [4.78, 5) is 2.05. The molecular formula is C9H11Cl2NRu. The summed E-state index contributed by atoms with van der Waals surface area (Å²) in [5.74, 6) is 0. The molecule has 0 atom stereocenters. The molecule has 1 aromatic rings. The number of benzene rings is 1. The van der Waals surface area contributed by atoms with Gasteiger partial charge in [0, 0.05) is 0 Å². The molecule has 0 fully saturated rings. The second-order valence-electron chi connectivity index (χ2n) is 2.76. The van der Waals surface area contributed by atoms with Crippen molar-refractivity contribution in [2.45, 2.75) is 0 Å². The maximum atomic E-state index is 5.82. The monoisotopic (exact) mass is 305 g/mol. The Labute approximate surface area is 91.8 Å². The van der Waals surface area contributed by atoms with Crippen molar-refractivity contribution in [3.63, 3.8) is 0 Å². The average molecular weight is 305 g/mol. The summed E-state index contributed by atoms with van der Waals surface area (Å²) in [5, 5.41) is 0. The molecule has 13 heavy (non-hydrogen) atoms. The number of nitrogens with zero attached hydrogens (tertiary/aromatic N) is 1. The normalized spacial score (nSPS) is 10.9. The first-order valence-electron chi connectivity index (χ1n) is 3.71. The molecule has 0 spiro atoms. The van der Waals surface area contributed by atoms with E-state index in [4.69, 9.17) is 19.4 Å². The molecule has 0 aliphatic heterocycles. The fourth-order valence-corrected chi connectivity index (χ4v) is 2.88. The van der Waals surface area contributed by atoms with Gasteiger partial charge in [0.2, 0.25) is 0 Å². The third-order valence-electron chi connectivity index (χ3n) is 1.61. The van der Waals surface area contributed by atoms with Gasteiger partial charge in [-0.25, -0.2) is 0 Å². The summed E-state index contributed by atoms with van der Waals surface area (Å²) >= 11 is -1.71. The van der Waals surface area contributed by atoms with Crippen molar-refractivity contribution in [1.29, 1.82) is 0 Å². The molecule has 4 heteroatoms. The van der Waals surface area contributed by atoms with Crippen molar-refractivity contribution in [1.82, 2.24) is 0 Å². The van der Waals surface area contributed by atoms with Crippen molar-refractivity contribution >= 4 is 29.7 Å². The molecule has 1 rings (SSSR count). The van der Waals surface area contributed by atoms with Crippen LogP contribution >= 0.6 is 19.4 Å². The minimum atomic E-state index is -1.71. The van der Waals surface area contributed by atoms with Crippen molar-refractivity contribution in [2.24, 2.45) is 0 Å². The zero-order valence-corrected chi connectivity index (χ0v) is 10.7. The maximum absolute atomic E-state index is 5.82. The molecule has 1 nitrogen and oxygen atoms in total. The minimum absolute atomic E-state index is 1.12. The van der Waals surface area contributed by atoms with E-state index in [0.29, 0.717) is 0 Å². The van der Waals surface area contributed by atoms with Crippen molar-refractivity contribution < 1.29 is 13.5 Å². The third kappa shape index (κ3) is 3.38. The summed E-state index contributed by atoms with van der Waals surface area (Å²) in [7, 11) is 15.7. The first-order chi connectivity index (χ1) is 6.11. The van der Waals surface area contributed by atoms with E-state index in [0.717, 1.165) is 11.3 Å². The molecule has 0 aromatic heterocycles. The molecule has 74 valence electrons. The van der Waals surface area contributed by atoms with Crippen LogP contribution in [-0.4, -0.2) is 18.7 Å². The van der Waals surface area contributed by atoms with E-state index in [1.54, 1.807) is 0 Å². The Balaban J connectivity index is 3.12. The molecule has 0 heterocycles. The molecule has 0 aliphatic carbocycles. The van der Waals surface area contributed by atoms with Gasteiger partial charge in [-0.3, -0.25) is 0 Å². The van der Waals surface area contributed by atoms with E-state index in [1.165, 1.54) is 0 Å². The summed E-state index contributed by atoms with van der Waals surface area (Å²) in [6.45, 7) is 0. The van der Waals surface area contributed by atoms with Crippen LogP contribution in [0.3, 0.4) is 0 Å². The molecule has 0 saturated carbocycles. The summed E-state index contributed by atoms with van der Waals surface area (Å²) in [6.07, 6.45) is 0. The average Bonchev–Trinajstić information content (AvgIpc) is 2.03. The van der Waals surface area contributed by atoms with E-state index in [1.807, 2.05) is 36.9 Å². The number of para-hydroxylation sites is 1. The number of rotatable bonds is 2. The molecule has 0 aliphatic rings. The second-order valence-corrected chi connectivity index (χ2v) is 8.48. The van der Waals surface area contributed by atoms with E-state index < -0.39 is 13.5 Å². The van der Waals surface area contributed by atoms with E-state index >= 15 is 0 Å². The number of anilines is 1. The topological polar surface area (TPSA) is 3.24 Å². The van der Waals surface area contributed by atoms with Crippen LogP contribution < -0.4 is 4.90 Å². The van der Waals surface area contributed by atoms with Gasteiger partial charge in [0.1, 0.15) is 0 Å². The SMILES string of the molecule is CN(C)c1ccccc1[CH]=[Ru]([Cl])[Cl]. The fraction of sp³-hybridized carbons (Fsp3) is 0.222. The summed E-state index contributed by atoms with van der Waals surface area (Å²) < 4.78 is 1.96. The van der Waals surface area contributed by atoms with Crippen LogP contribution in [0.4, 0.5) is 5.69 Å². The molecule has 0 bridgehead atoms. The molecule has 0 unspecified atom stereocenters. The fourth-order valence-electron chi connectivity index (χ4n) is 1.06. The Bertz CT molecular complexity index is 319. The Morgan fingerprint density at radius 1 is 1.23 bits per heavy atom. The van der Waals surface area contributed by atoms with Crippen LogP contribution in [0, 0.1) is 0 Å². The second kappa shape index (κ2) is 5.09. The predicted molar refractivity (Wildman–Crippen MR) is 57.6 cm³/mol. The molecular weight excluding hydrogens is 294 g/mol. The van der Waals surface area contributed by atoms with Gasteiger partial charge in [0.05, 0.1) is 0 Å². The van der Waals surface area contributed by atoms with Crippen molar-refractivity contribution in [3.8, 4) is 0 Å². The standard InChI is InChI=1S/C9H11N.2ClH.Ru/c1-8-6-4-5-7-9(8)10(2)3;;;/h1,4-7H,2-3H3;2*1H;/q;;;+2/p-2. The number of hydrogen-bond acceptors (Lipinski definition) is 1. The van der Waals surface area contributed by atoms with Crippen molar-refractivity contribution in [2.75, 3.05) is 19.0 Å². The van der Waals surface area contributed by atoms with Gasteiger partial charge in [-0.05, 0) is 0 Å². The number of hydrogen-bond donors (Lipinski definition) is 0. The first kappa shape index (κ1) is 11.2. The van der Waals surface area contributed by atoms with Crippen molar-refractivity contribution in [3.05, 3.63) is 29.8 Å². The Kier molecular flexibility index (Phi) is 4.38. The van der Waals surface area contributed by atoms with Crippen LogP contribution in [0.15, 0.2) is 24.3 Å². The van der Waals surface area contributed by atoms with Crippen LogP contribution in [-0.2, 0) is 13.5 Å². The Hall–Kier alpha value is 0.0934. The van der Waals surface area contributed by atoms with E-state index in [2.05, 4.69) is 11.0 Å². The zero-order valence-electron chi connectivity index (χ0n) is 7.44. The summed E-state index contributed by atoms with van der Waals surface area (Å²) in [5.41, 5.74) is 2.28. The van der Waals surface area contributed by atoms with E-state index in [-0.39, 0.29) is 0 Å². The van der Waals surface area contributed by atoms with Crippen LogP contribution in [0.1, 0.15) is 5.56 Å². The van der Waals surface area contributed by atoms with Gasteiger partial charge in [0.15, 0.2) is 0 Å².